The molecule has 0 aliphatic heterocycles. The third-order valence-corrected chi connectivity index (χ3v) is 3.06. The molecule has 0 aliphatic rings. The van der Waals surface area contributed by atoms with Crippen LogP contribution in [0.4, 0.5) is 4.79 Å². The van der Waals surface area contributed by atoms with Gasteiger partial charge in [0.15, 0.2) is 0 Å². The Morgan fingerprint density at radius 3 is 1.35 bits per heavy atom. The first kappa shape index (κ1) is 18.5. The average molecular weight is 354 g/mol. The smallest absolute Gasteiger partial charge is 0.450 e. The van der Waals surface area contributed by atoms with Gasteiger partial charge in [-0.1, -0.05) is 36.4 Å². The number of para-hydroxylation sites is 2. The van der Waals surface area contributed by atoms with Gasteiger partial charge in [0.05, 0.1) is 0 Å². The van der Waals surface area contributed by atoms with Crippen LogP contribution in [-0.2, 0) is 0 Å². The van der Waals surface area contributed by atoms with E-state index in [4.69, 9.17) is 23.8 Å². The van der Waals surface area contributed by atoms with Crippen LogP contribution in [-0.4, -0.2) is 16.4 Å². The second-order valence-electron chi connectivity index (χ2n) is 4.87. The summed E-state index contributed by atoms with van der Waals surface area (Å²) in [6.45, 7) is 0. The SMILES string of the molecule is O=C(O)O.O=c1ccc2ccccc2o1.O=c1ccc2ccccc2o1. The maximum atomic E-state index is 10.7. The third-order valence-electron chi connectivity index (χ3n) is 3.06. The normalized spacial score (nSPS) is 9.54. The highest BCUT2D eigenvalue weighted by atomic mass is 16.6. The molecule has 0 saturated carbocycles. The fourth-order valence-corrected chi connectivity index (χ4v) is 2.02. The number of hydrogen-bond acceptors (Lipinski definition) is 5. The van der Waals surface area contributed by atoms with Gasteiger partial charge in [-0.3, -0.25) is 0 Å². The van der Waals surface area contributed by atoms with E-state index in [0.717, 1.165) is 10.8 Å². The second kappa shape index (κ2) is 8.84. The van der Waals surface area contributed by atoms with E-state index in [1.54, 1.807) is 24.3 Å². The Hall–Kier alpha value is -3.87. The topological polar surface area (TPSA) is 118 Å². The largest absolute Gasteiger partial charge is 0.503 e. The molecule has 7 nitrogen and oxygen atoms in total. The molecule has 26 heavy (non-hydrogen) atoms. The minimum absolute atomic E-state index is 0.302. The van der Waals surface area contributed by atoms with Crippen molar-refractivity contribution in [1.29, 1.82) is 0 Å². The van der Waals surface area contributed by atoms with E-state index in [1.165, 1.54) is 12.1 Å². The van der Waals surface area contributed by atoms with E-state index < -0.39 is 6.16 Å². The standard InChI is InChI=1S/2C9H6O2.CH2O3/c2*10-9-6-5-7-3-1-2-4-8(7)11-9;2-1(3)4/h2*1-6H;(H2,2,3,4). The van der Waals surface area contributed by atoms with Crippen molar-refractivity contribution < 1.29 is 23.8 Å². The maximum Gasteiger partial charge on any atom is 0.503 e. The summed E-state index contributed by atoms with van der Waals surface area (Å²) >= 11 is 0. The van der Waals surface area contributed by atoms with Gasteiger partial charge in [0.25, 0.3) is 0 Å². The van der Waals surface area contributed by atoms with E-state index in [1.807, 2.05) is 36.4 Å². The van der Waals surface area contributed by atoms with E-state index in [2.05, 4.69) is 0 Å². The van der Waals surface area contributed by atoms with Crippen molar-refractivity contribution in [3.63, 3.8) is 0 Å². The Labute approximate surface area is 146 Å². The van der Waals surface area contributed by atoms with Crippen molar-refractivity contribution in [3.05, 3.63) is 93.6 Å². The van der Waals surface area contributed by atoms with Crippen LogP contribution in [0.15, 0.2) is 91.2 Å². The van der Waals surface area contributed by atoms with Crippen LogP contribution in [0.25, 0.3) is 21.9 Å². The summed E-state index contributed by atoms with van der Waals surface area (Å²) in [4.78, 5) is 30.0. The average Bonchev–Trinajstić information content (AvgIpc) is 2.61. The summed E-state index contributed by atoms with van der Waals surface area (Å²) in [7, 11) is 0. The number of hydrogen-bond donors (Lipinski definition) is 2. The third kappa shape index (κ3) is 5.64. The van der Waals surface area contributed by atoms with Crippen LogP contribution in [0, 0.1) is 0 Å². The highest BCUT2D eigenvalue weighted by molar-refractivity contribution is 5.76. The number of rotatable bonds is 0. The van der Waals surface area contributed by atoms with E-state index >= 15 is 0 Å². The van der Waals surface area contributed by atoms with Gasteiger partial charge in [-0.2, -0.15) is 0 Å². The molecule has 2 aromatic heterocycles. The van der Waals surface area contributed by atoms with Crippen molar-refractivity contribution >= 4 is 28.1 Å². The van der Waals surface area contributed by atoms with Crippen LogP contribution >= 0.6 is 0 Å². The Kier molecular flexibility index (Phi) is 6.28. The molecule has 2 heterocycles. The minimum Gasteiger partial charge on any atom is -0.450 e. The molecule has 2 aromatic carbocycles. The van der Waals surface area contributed by atoms with Gasteiger partial charge in [-0.15, -0.1) is 0 Å². The molecule has 4 aromatic rings. The summed E-state index contributed by atoms with van der Waals surface area (Å²) in [5.41, 5.74) is 0.674. The summed E-state index contributed by atoms with van der Waals surface area (Å²) in [6, 6.07) is 21.2. The fourth-order valence-electron chi connectivity index (χ4n) is 2.02. The summed E-state index contributed by atoms with van der Waals surface area (Å²) in [5, 5.41) is 15.8. The molecule has 0 atom stereocenters. The minimum atomic E-state index is -1.83. The molecule has 2 N–H and O–H groups in total. The quantitative estimate of drug-likeness (QED) is 0.461. The molecule has 0 unspecified atom stereocenters. The van der Waals surface area contributed by atoms with Crippen molar-refractivity contribution in [2.24, 2.45) is 0 Å². The zero-order valence-corrected chi connectivity index (χ0v) is 13.4. The Morgan fingerprint density at radius 2 is 0.962 bits per heavy atom. The van der Waals surface area contributed by atoms with Crippen molar-refractivity contribution in [2.75, 3.05) is 0 Å². The lowest BCUT2D eigenvalue weighted by Gasteiger charge is -1.91. The van der Waals surface area contributed by atoms with Gasteiger partial charge in [0.2, 0.25) is 0 Å². The maximum absolute atomic E-state index is 10.7. The summed E-state index contributed by atoms with van der Waals surface area (Å²) < 4.78 is 9.81. The summed E-state index contributed by atoms with van der Waals surface area (Å²) in [5.74, 6) is 0. The molecule has 0 aliphatic carbocycles. The lowest BCUT2D eigenvalue weighted by Crippen LogP contribution is -1.93. The molecule has 0 fully saturated rings. The van der Waals surface area contributed by atoms with E-state index in [9.17, 15) is 9.59 Å². The monoisotopic (exact) mass is 354 g/mol. The fraction of sp³-hybridized carbons (Fsp3) is 0. The Balaban J connectivity index is 0.000000156. The van der Waals surface area contributed by atoms with Crippen molar-refractivity contribution in [1.82, 2.24) is 0 Å². The first-order valence-electron chi connectivity index (χ1n) is 7.35. The van der Waals surface area contributed by atoms with Crippen LogP contribution in [0.3, 0.4) is 0 Å². The van der Waals surface area contributed by atoms with Crippen LogP contribution in [0.2, 0.25) is 0 Å². The zero-order chi connectivity index (χ0) is 18.9. The molecule has 0 spiro atoms. The molecule has 4 rings (SSSR count). The zero-order valence-electron chi connectivity index (χ0n) is 13.4. The molecular formula is C19H14O7. The predicted octanol–water partition coefficient (Wildman–Crippen LogP) is 3.81. The number of benzene rings is 2. The van der Waals surface area contributed by atoms with Gasteiger partial charge in [0.1, 0.15) is 11.2 Å². The second-order valence-corrected chi connectivity index (χ2v) is 4.87. The van der Waals surface area contributed by atoms with Gasteiger partial charge in [0, 0.05) is 22.9 Å². The van der Waals surface area contributed by atoms with Gasteiger partial charge < -0.3 is 19.0 Å². The van der Waals surface area contributed by atoms with Gasteiger partial charge in [-0.05, 0) is 24.3 Å². The highest BCUT2D eigenvalue weighted by Gasteiger charge is 1.93. The first-order valence-corrected chi connectivity index (χ1v) is 7.35. The molecule has 7 heteroatoms. The summed E-state index contributed by atoms with van der Waals surface area (Å²) in [6.07, 6.45) is -1.83. The molecule has 132 valence electrons. The molecule has 0 bridgehead atoms. The van der Waals surface area contributed by atoms with Crippen molar-refractivity contribution in [3.8, 4) is 0 Å². The van der Waals surface area contributed by atoms with Crippen LogP contribution in [0.5, 0.6) is 0 Å². The van der Waals surface area contributed by atoms with Gasteiger partial charge >= 0.3 is 17.4 Å². The van der Waals surface area contributed by atoms with Gasteiger partial charge in [-0.25, -0.2) is 14.4 Å². The highest BCUT2D eigenvalue weighted by Crippen LogP contribution is 2.09. The Bertz CT molecular complexity index is 1040. The lowest BCUT2D eigenvalue weighted by molar-refractivity contribution is 0.137. The van der Waals surface area contributed by atoms with E-state index in [0.29, 0.717) is 11.2 Å². The number of carbonyl (C=O) groups is 1. The molecule has 0 amide bonds. The van der Waals surface area contributed by atoms with Crippen LogP contribution < -0.4 is 11.3 Å². The molecule has 0 saturated heterocycles. The Morgan fingerprint density at radius 1 is 0.615 bits per heavy atom. The van der Waals surface area contributed by atoms with Crippen LogP contribution in [0.1, 0.15) is 0 Å². The number of carboxylic acid groups (broad SMARTS) is 2. The molecular weight excluding hydrogens is 340 g/mol. The first-order chi connectivity index (χ1) is 12.5. The predicted molar refractivity (Wildman–Crippen MR) is 95.6 cm³/mol. The molecule has 0 radical (unpaired) electrons. The van der Waals surface area contributed by atoms with Crippen molar-refractivity contribution in [2.45, 2.75) is 0 Å². The lowest BCUT2D eigenvalue weighted by atomic mass is 10.2. The van der Waals surface area contributed by atoms with E-state index in [-0.39, 0.29) is 11.3 Å². The number of fused-ring (bicyclic) bond motifs is 2.